The fraction of sp³-hybridized carbons (Fsp3) is 0.167. The number of allylic oxidation sites excluding steroid dienone is 2. The zero-order valence-corrected chi connectivity index (χ0v) is 20.1. The van der Waals surface area contributed by atoms with Crippen LogP contribution in [-0.4, -0.2) is 35.3 Å². The van der Waals surface area contributed by atoms with Gasteiger partial charge in [0.1, 0.15) is 17.7 Å². The summed E-state index contributed by atoms with van der Waals surface area (Å²) in [6.45, 7) is 2.16. The van der Waals surface area contributed by atoms with Gasteiger partial charge in [-0.25, -0.2) is 13.4 Å². The number of rotatable bonds is 9. The van der Waals surface area contributed by atoms with Crippen LogP contribution >= 0.6 is 0 Å². The molecule has 12 heteroatoms. The minimum absolute atomic E-state index is 0.152. The Balaban J connectivity index is 1.31. The molecule has 0 saturated heterocycles. The largest absolute Gasteiger partial charge is 0.432 e. The van der Waals surface area contributed by atoms with Crippen LogP contribution in [0.25, 0.3) is 11.3 Å². The van der Waals surface area contributed by atoms with Gasteiger partial charge in [-0.15, -0.1) is 0 Å². The van der Waals surface area contributed by atoms with Gasteiger partial charge in [-0.05, 0) is 41.2 Å². The van der Waals surface area contributed by atoms with Crippen molar-refractivity contribution >= 4 is 21.9 Å². The summed E-state index contributed by atoms with van der Waals surface area (Å²) in [4.78, 5) is 29.2. The molecule has 0 radical (unpaired) electrons. The summed E-state index contributed by atoms with van der Waals surface area (Å²) < 4.78 is 27.5. The molecule has 2 aromatic carbocycles. The second kappa shape index (κ2) is 10.4. The highest BCUT2D eigenvalue weighted by Gasteiger charge is 2.21. The summed E-state index contributed by atoms with van der Waals surface area (Å²) in [6.07, 6.45) is 4.89. The molecule has 0 fully saturated rings. The van der Waals surface area contributed by atoms with Crippen molar-refractivity contribution in [1.29, 1.82) is 0 Å². The van der Waals surface area contributed by atoms with E-state index in [1.54, 1.807) is 42.5 Å². The average molecular weight is 509 g/mol. The highest BCUT2D eigenvalue weighted by atomic mass is 32.2. The number of nitro groups is 1. The predicted octanol–water partition coefficient (Wildman–Crippen LogP) is 2.73. The first-order valence-corrected chi connectivity index (χ1v) is 12.5. The topological polar surface area (TPSA) is 159 Å². The number of carbonyl (C=O) groups excluding carboxylic acids is 1. The van der Waals surface area contributed by atoms with Crippen LogP contribution in [0.4, 0.5) is 5.95 Å². The van der Waals surface area contributed by atoms with E-state index in [9.17, 15) is 23.3 Å². The van der Waals surface area contributed by atoms with Gasteiger partial charge in [-0.2, -0.15) is 0 Å². The number of imidazole rings is 1. The van der Waals surface area contributed by atoms with Crippen molar-refractivity contribution in [3.05, 3.63) is 100 Å². The van der Waals surface area contributed by atoms with Crippen molar-refractivity contribution in [2.75, 3.05) is 0 Å². The second-order valence-electron chi connectivity index (χ2n) is 8.13. The minimum Gasteiger partial charge on any atom is -0.390 e. The molecule has 1 amide bonds. The lowest BCUT2D eigenvalue weighted by Crippen LogP contribution is -2.39. The maximum Gasteiger partial charge on any atom is 0.432 e. The van der Waals surface area contributed by atoms with Crippen molar-refractivity contribution < 1.29 is 18.1 Å². The van der Waals surface area contributed by atoms with Gasteiger partial charge >= 0.3 is 5.95 Å². The summed E-state index contributed by atoms with van der Waals surface area (Å²) in [6, 6.07) is 15.0. The quantitative estimate of drug-likeness (QED) is 0.255. The van der Waals surface area contributed by atoms with Crippen LogP contribution in [0.3, 0.4) is 0 Å². The van der Waals surface area contributed by atoms with E-state index in [-0.39, 0.29) is 29.2 Å². The van der Waals surface area contributed by atoms with Crippen LogP contribution in [0.2, 0.25) is 0 Å². The molecule has 0 saturated carbocycles. The van der Waals surface area contributed by atoms with Crippen LogP contribution in [-0.2, 0) is 21.4 Å². The van der Waals surface area contributed by atoms with E-state index in [2.05, 4.69) is 25.3 Å². The number of sulfonamides is 1. The molecule has 4 rings (SSSR count). The SMILES string of the molecule is CC1NC(NS(=O)(=O)c2ccccc2)=CC=C1CC(=O)NCc1ccc(-c2cnc([N+](=O)[O-])[nH]2)cc1. The number of nitrogens with one attached hydrogen (secondary N) is 4. The van der Waals surface area contributed by atoms with Crippen LogP contribution in [0, 0.1) is 10.1 Å². The van der Waals surface area contributed by atoms with Crippen LogP contribution < -0.4 is 15.4 Å². The molecule has 0 bridgehead atoms. The Morgan fingerprint density at radius 1 is 1.11 bits per heavy atom. The molecule has 4 N–H and O–H groups in total. The molecule has 1 aromatic heterocycles. The van der Waals surface area contributed by atoms with Crippen LogP contribution in [0.15, 0.2) is 89.2 Å². The summed E-state index contributed by atoms with van der Waals surface area (Å²) >= 11 is 0. The van der Waals surface area contributed by atoms with E-state index in [0.717, 1.165) is 16.7 Å². The molecule has 3 aromatic rings. The summed E-state index contributed by atoms with van der Waals surface area (Å²) in [5.74, 6) is -0.166. The fourth-order valence-electron chi connectivity index (χ4n) is 3.59. The molecule has 2 heterocycles. The molecule has 1 aliphatic rings. The molecule has 1 aliphatic heterocycles. The number of aromatic nitrogens is 2. The van der Waals surface area contributed by atoms with E-state index < -0.39 is 14.9 Å². The second-order valence-corrected chi connectivity index (χ2v) is 9.82. The molecule has 186 valence electrons. The molecule has 36 heavy (non-hydrogen) atoms. The van der Waals surface area contributed by atoms with Gasteiger partial charge in [0, 0.05) is 24.6 Å². The number of hydrogen-bond donors (Lipinski definition) is 4. The van der Waals surface area contributed by atoms with Crippen molar-refractivity contribution in [3.8, 4) is 11.3 Å². The monoisotopic (exact) mass is 508 g/mol. The maximum atomic E-state index is 12.5. The third kappa shape index (κ3) is 5.96. The van der Waals surface area contributed by atoms with E-state index in [0.29, 0.717) is 18.1 Å². The number of hydrogen-bond acceptors (Lipinski definition) is 7. The lowest BCUT2D eigenvalue weighted by molar-refractivity contribution is -0.393. The highest BCUT2D eigenvalue weighted by Crippen LogP contribution is 2.20. The van der Waals surface area contributed by atoms with Crippen molar-refractivity contribution in [2.24, 2.45) is 0 Å². The molecular weight excluding hydrogens is 484 g/mol. The summed E-state index contributed by atoms with van der Waals surface area (Å²) in [7, 11) is -3.71. The normalized spacial score (nSPS) is 15.3. The first-order chi connectivity index (χ1) is 17.2. The van der Waals surface area contributed by atoms with E-state index in [4.69, 9.17) is 0 Å². The van der Waals surface area contributed by atoms with Gasteiger partial charge in [-0.3, -0.25) is 9.52 Å². The van der Waals surface area contributed by atoms with E-state index >= 15 is 0 Å². The Hall–Kier alpha value is -4.45. The third-order valence-corrected chi connectivity index (χ3v) is 6.93. The van der Waals surface area contributed by atoms with Crippen LogP contribution in [0.5, 0.6) is 0 Å². The molecule has 1 unspecified atom stereocenters. The predicted molar refractivity (Wildman–Crippen MR) is 133 cm³/mol. The Morgan fingerprint density at radius 2 is 1.83 bits per heavy atom. The smallest absolute Gasteiger partial charge is 0.390 e. The van der Waals surface area contributed by atoms with Gasteiger partial charge < -0.3 is 20.7 Å². The highest BCUT2D eigenvalue weighted by molar-refractivity contribution is 7.89. The number of aromatic amines is 1. The van der Waals surface area contributed by atoms with E-state index in [1.165, 1.54) is 18.3 Å². The van der Waals surface area contributed by atoms with Crippen molar-refractivity contribution in [1.82, 2.24) is 25.3 Å². The average Bonchev–Trinajstić information content (AvgIpc) is 3.36. The Morgan fingerprint density at radius 3 is 2.47 bits per heavy atom. The summed E-state index contributed by atoms with van der Waals surface area (Å²) in [5, 5.41) is 16.7. The number of carbonyl (C=O) groups is 1. The molecule has 11 nitrogen and oxygen atoms in total. The van der Waals surface area contributed by atoms with Gasteiger partial charge in [0.25, 0.3) is 10.0 Å². The molecule has 0 aliphatic carbocycles. The zero-order valence-electron chi connectivity index (χ0n) is 19.3. The third-order valence-electron chi connectivity index (χ3n) is 5.54. The van der Waals surface area contributed by atoms with Gasteiger partial charge in [0.2, 0.25) is 5.91 Å². The van der Waals surface area contributed by atoms with Crippen molar-refractivity contribution in [3.63, 3.8) is 0 Å². The summed E-state index contributed by atoms with van der Waals surface area (Å²) in [5.41, 5.74) is 2.94. The van der Waals surface area contributed by atoms with Gasteiger partial charge in [-0.1, -0.05) is 53.5 Å². The lowest BCUT2D eigenvalue weighted by Gasteiger charge is -2.25. The maximum absolute atomic E-state index is 12.5. The van der Waals surface area contributed by atoms with E-state index in [1.807, 2.05) is 19.1 Å². The van der Waals surface area contributed by atoms with Gasteiger partial charge in [0.15, 0.2) is 0 Å². The Labute approximate surface area is 207 Å². The van der Waals surface area contributed by atoms with Crippen molar-refractivity contribution in [2.45, 2.75) is 30.8 Å². The zero-order chi connectivity index (χ0) is 25.7. The standard InChI is InChI=1S/C24H24N6O5S/c1-16-19(11-12-22(27-16)29-36(34,35)20-5-3-2-4-6-20)13-23(31)25-14-17-7-9-18(10-8-17)21-15-26-24(28-21)30(32)33/h2-12,15-16,27,29H,13-14H2,1H3,(H,25,31)(H,26,28). The lowest BCUT2D eigenvalue weighted by atomic mass is 10.0. The Kier molecular flexibility index (Phi) is 7.15. The number of nitrogens with zero attached hydrogens (tertiary/aromatic N) is 2. The van der Waals surface area contributed by atoms with Crippen LogP contribution in [0.1, 0.15) is 18.9 Å². The first-order valence-electron chi connectivity index (χ1n) is 11.0. The van der Waals surface area contributed by atoms with Gasteiger partial charge in [0.05, 0.1) is 4.90 Å². The number of dihydropyridines is 1. The molecule has 0 spiro atoms. The fourth-order valence-corrected chi connectivity index (χ4v) is 4.64. The molecular formula is C24H24N6O5S. The minimum atomic E-state index is -3.71. The Bertz CT molecular complexity index is 1430. The number of benzene rings is 2. The number of amides is 1. The molecule has 1 atom stereocenters. The first kappa shape index (κ1) is 24.7. The number of H-pyrrole nitrogens is 1.